The third kappa shape index (κ3) is 5.16. The minimum Gasteiger partial charge on any atom is -0.453 e. The normalized spacial score (nSPS) is 19.0. The van der Waals surface area contributed by atoms with Gasteiger partial charge < -0.3 is 10.1 Å². The molecule has 2 N–H and O–H groups in total. The van der Waals surface area contributed by atoms with Crippen molar-refractivity contribution in [1.82, 2.24) is 19.2 Å². The maximum atomic E-state index is 14.9. The zero-order valence-corrected chi connectivity index (χ0v) is 23.4. The fraction of sp³-hybridized carbons (Fsp3) is 0.464. The molecule has 12 heteroatoms. The van der Waals surface area contributed by atoms with E-state index in [9.17, 15) is 22.9 Å². The van der Waals surface area contributed by atoms with Gasteiger partial charge in [0, 0.05) is 20.1 Å². The van der Waals surface area contributed by atoms with Gasteiger partial charge in [-0.3, -0.25) is 14.1 Å². The van der Waals surface area contributed by atoms with Crippen molar-refractivity contribution >= 4 is 26.8 Å². The van der Waals surface area contributed by atoms with Crippen LogP contribution in [-0.4, -0.2) is 49.0 Å². The van der Waals surface area contributed by atoms with Crippen LogP contribution >= 0.6 is 0 Å². The fourth-order valence-corrected chi connectivity index (χ4v) is 6.89. The number of anilines is 1. The maximum absolute atomic E-state index is 14.9. The predicted molar refractivity (Wildman–Crippen MR) is 150 cm³/mol. The summed E-state index contributed by atoms with van der Waals surface area (Å²) in [5.41, 5.74) is -0.114. The third-order valence-corrected chi connectivity index (χ3v) is 9.88. The smallest absolute Gasteiger partial charge is 0.301 e. The van der Waals surface area contributed by atoms with Crippen molar-refractivity contribution in [3.05, 3.63) is 58.4 Å². The molecule has 10 nitrogen and oxygen atoms in total. The Morgan fingerprint density at radius 3 is 2.75 bits per heavy atom. The van der Waals surface area contributed by atoms with Crippen molar-refractivity contribution in [3.8, 4) is 17.6 Å². The summed E-state index contributed by atoms with van der Waals surface area (Å²) in [5, 5.41) is 13.6. The number of fused-ring (bicyclic) bond motifs is 1. The first kappa shape index (κ1) is 28.0. The first-order valence-corrected chi connectivity index (χ1v) is 15.0. The van der Waals surface area contributed by atoms with Crippen LogP contribution in [0.5, 0.6) is 11.5 Å². The Balaban J connectivity index is 1.52. The van der Waals surface area contributed by atoms with Crippen LogP contribution < -0.4 is 20.3 Å². The largest absolute Gasteiger partial charge is 0.453 e. The van der Waals surface area contributed by atoms with Gasteiger partial charge in [0.05, 0.1) is 29.0 Å². The second kappa shape index (κ2) is 11.2. The number of hydrogen-bond acceptors (Lipinski definition) is 7. The molecular formula is C28H33FN6O4S. The van der Waals surface area contributed by atoms with E-state index in [1.165, 1.54) is 31.7 Å². The van der Waals surface area contributed by atoms with E-state index in [4.69, 9.17) is 4.74 Å². The van der Waals surface area contributed by atoms with Crippen LogP contribution in [0.2, 0.25) is 0 Å². The number of nitriles is 1. The van der Waals surface area contributed by atoms with Crippen LogP contribution in [-0.2, 0) is 10.2 Å². The lowest BCUT2D eigenvalue weighted by atomic mass is 9.65. The number of nitrogens with one attached hydrogen (secondary N) is 2. The summed E-state index contributed by atoms with van der Waals surface area (Å²) in [4.78, 5) is 18.3. The van der Waals surface area contributed by atoms with Crippen LogP contribution in [0.4, 0.5) is 10.1 Å². The van der Waals surface area contributed by atoms with Crippen molar-refractivity contribution in [2.24, 2.45) is 5.41 Å². The molecule has 2 fully saturated rings. The van der Waals surface area contributed by atoms with Gasteiger partial charge in [-0.25, -0.2) is 9.37 Å². The molecule has 3 aromatic rings. The molecule has 40 heavy (non-hydrogen) atoms. The van der Waals surface area contributed by atoms with Crippen molar-refractivity contribution in [2.75, 3.05) is 31.4 Å². The second-order valence-corrected chi connectivity index (χ2v) is 12.3. The highest BCUT2D eigenvalue weighted by Crippen LogP contribution is 2.48. The summed E-state index contributed by atoms with van der Waals surface area (Å²) in [7, 11) is -2.58. The molecule has 2 aliphatic rings. The molecule has 1 unspecified atom stereocenters. The van der Waals surface area contributed by atoms with Gasteiger partial charge >= 0.3 is 10.2 Å². The van der Waals surface area contributed by atoms with Crippen molar-refractivity contribution in [3.63, 3.8) is 0 Å². The molecule has 0 radical (unpaired) electrons. The van der Waals surface area contributed by atoms with Gasteiger partial charge in [-0.2, -0.15) is 18.0 Å². The Labute approximate surface area is 233 Å². The van der Waals surface area contributed by atoms with Gasteiger partial charge in [-0.05, 0) is 61.6 Å². The highest BCUT2D eigenvalue weighted by molar-refractivity contribution is 7.90. The number of rotatable bonds is 7. The van der Waals surface area contributed by atoms with Gasteiger partial charge in [0.2, 0.25) is 0 Å². The molecule has 1 saturated carbocycles. The van der Waals surface area contributed by atoms with E-state index in [0.717, 1.165) is 49.0 Å². The first-order chi connectivity index (χ1) is 19.2. The van der Waals surface area contributed by atoms with Gasteiger partial charge in [-0.1, -0.05) is 26.2 Å². The van der Waals surface area contributed by atoms with Gasteiger partial charge in [0.25, 0.3) is 5.56 Å². The van der Waals surface area contributed by atoms with Crippen LogP contribution in [0.25, 0.3) is 10.9 Å². The molecule has 1 aliphatic carbocycles. The summed E-state index contributed by atoms with van der Waals surface area (Å²) < 4.78 is 50.9. The summed E-state index contributed by atoms with van der Waals surface area (Å²) >= 11 is 0. The van der Waals surface area contributed by atoms with E-state index >= 15 is 0 Å². The number of ether oxygens (including phenoxy) is 1. The lowest BCUT2D eigenvalue weighted by Crippen LogP contribution is -2.49. The lowest BCUT2D eigenvalue weighted by Gasteiger charge is -2.47. The van der Waals surface area contributed by atoms with E-state index < -0.39 is 21.8 Å². The predicted octanol–water partition coefficient (Wildman–Crippen LogP) is 4.29. The maximum Gasteiger partial charge on any atom is 0.301 e. The topological polar surface area (TPSA) is 129 Å². The standard InChI is InChI=1S/C28H33FN6O4S/c1-3-34(2)40(37,38)33-24-10-8-22(29)26(21(24)16-30)39-19-7-9-23-20(15-19)27(36)35(18-32-23)25-17-31-14-13-28(25)11-5-4-6-12-28/h7-10,15,18,25,31,33H,3-6,11-14,17H2,1-2H3. The molecule has 0 amide bonds. The van der Waals surface area contributed by atoms with Crippen LogP contribution in [0, 0.1) is 22.6 Å². The van der Waals surface area contributed by atoms with E-state index in [1.54, 1.807) is 23.9 Å². The number of aromatic nitrogens is 2. The molecule has 2 aromatic carbocycles. The molecule has 212 valence electrons. The molecule has 1 saturated heterocycles. The van der Waals surface area contributed by atoms with Gasteiger partial charge in [0.15, 0.2) is 11.6 Å². The molecule has 2 heterocycles. The lowest BCUT2D eigenvalue weighted by molar-refractivity contribution is 0.0637. The molecule has 1 spiro atoms. The number of hydrogen-bond donors (Lipinski definition) is 2. The summed E-state index contributed by atoms with van der Waals surface area (Å²) in [6.45, 7) is 3.48. The average Bonchev–Trinajstić information content (AvgIpc) is 2.96. The minimum absolute atomic E-state index is 0.0240. The molecule has 1 aliphatic heterocycles. The quantitative estimate of drug-likeness (QED) is 0.435. The minimum atomic E-state index is -3.96. The summed E-state index contributed by atoms with van der Waals surface area (Å²) in [6, 6.07) is 8.65. The monoisotopic (exact) mass is 568 g/mol. The first-order valence-electron chi connectivity index (χ1n) is 13.6. The van der Waals surface area contributed by atoms with Crippen molar-refractivity contribution in [2.45, 2.75) is 51.5 Å². The van der Waals surface area contributed by atoms with Crippen LogP contribution in [0.15, 0.2) is 41.5 Å². The number of piperidine rings is 1. The van der Waals surface area contributed by atoms with Crippen molar-refractivity contribution in [1.29, 1.82) is 5.26 Å². The molecule has 0 bridgehead atoms. The number of nitrogens with zero attached hydrogens (tertiary/aromatic N) is 4. The van der Waals surface area contributed by atoms with Gasteiger partial charge in [-0.15, -0.1) is 0 Å². The molecule has 1 aromatic heterocycles. The summed E-state index contributed by atoms with van der Waals surface area (Å²) in [6.07, 6.45) is 8.31. The number of halogens is 1. The Morgan fingerprint density at radius 2 is 2.02 bits per heavy atom. The summed E-state index contributed by atoms with van der Waals surface area (Å²) in [5.74, 6) is -1.16. The SMILES string of the molecule is CCN(C)S(=O)(=O)Nc1ccc(F)c(Oc2ccc3ncn(C4CNCCC45CCCCC5)c(=O)c3c2)c1C#N. The highest BCUT2D eigenvalue weighted by Gasteiger charge is 2.42. The van der Waals surface area contributed by atoms with E-state index in [2.05, 4.69) is 15.0 Å². The Kier molecular flexibility index (Phi) is 7.81. The van der Waals surface area contributed by atoms with E-state index in [0.29, 0.717) is 17.4 Å². The van der Waals surface area contributed by atoms with Gasteiger partial charge in [0.1, 0.15) is 17.4 Å². The Bertz CT molecular complexity index is 1620. The Morgan fingerprint density at radius 1 is 1.25 bits per heavy atom. The van der Waals surface area contributed by atoms with Crippen molar-refractivity contribution < 1.29 is 17.5 Å². The molecule has 1 atom stereocenters. The van der Waals surface area contributed by atoms with Crippen LogP contribution in [0.1, 0.15) is 57.1 Å². The van der Waals surface area contributed by atoms with E-state index in [-0.39, 0.29) is 40.6 Å². The third-order valence-electron chi connectivity index (χ3n) is 8.32. The zero-order valence-electron chi connectivity index (χ0n) is 22.6. The Hall–Kier alpha value is -3.53. The zero-order chi connectivity index (χ0) is 28.5. The highest BCUT2D eigenvalue weighted by atomic mass is 32.2. The average molecular weight is 569 g/mol. The molecular weight excluding hydrogens is 535 g/mol. The molecule has 5 rings (SSSR count). The van der Waals surface area contributed by atoms with Crippen LogP contribution in [0.3, 0.4) is 0 Å². The fourth-order valence-electron chi connectivity index (χ4n) is 5.95. The number of benzene rings is 2. The van der Waals surface area contributed by atoms with E-state index in [1.807, 2.05) is 6.07 Å². The second-order valence-electron chi connectivity index (χ2n) is 10.6.